The minimum atomic E-state index is -3.75. The Bertz CT molecular complexity index is 205. The first-order valence-corrected chi connectivity index (χ1v) is 7.26. The van der Waals surface area contributed by atoms with Crippen LogP contribution in [0.4, 0.5) is 4.79 Å². The van der Waals surface area contributed by atoms with Gasteiger partial charge < -0.3 is 4.55 Å². The Balaban J connectivity index is 4.45. The van der Waals surface area contributed by atoms with E-state index in [9.17, 15) is 17.8 Å². The van der Waals surface area contributed by atoms with Crippen LogP contribution in [0.1, 0.15) is 0 Å². The van der Waals surface area contributed by atoms with Crippen molar-refractivity contribution in [2.45, 2.75) is 0 Å². The van der Waals surface area contributed by atoms with Gasteiger partial charge in [-0.15, -0.1) is 0 Å². The summed E-state index contributed by atoms with van der Waals surface area (Å²) in [6.07, 6.45) is 0.728. The summed E-state index contributed by atoms with van der Waals surface area (Å²) in [7, 11) is -5.69. The fraction of sp³-hybridized carbons (Fsp3) is 0.500. The standard InChI is InChI=1S/C2H3IO4S2/c1-9(6,7)2(4)8(3)5/h1H3. The zero-order valence-electron chi connectivity index (χ0n) is 4.33. The first kappa shape index (κ1) is 9.66. The average Bonchev–Trinajstić information content (AvgIpc) is 1.62. The molecule has 0 aromatic rings. The predicted octanol–water partition coefficient (Wildman–Crippen LogP) is 0.250. The SMILES string of the molecule is CS(=O)(=O)C(=O)[S+]([O-])I. The molecule has 9 heavy (non-hydrogen) atoms. The molecule has 4 nitrogen and oxygen atoms in total. The number of carbonyl (C=O) groups excluding carboxylic acids is 1. The minimum absolute atomic E-state index is 0.728. The monoisotopic (exact) mass is 282 g/mol. The van der Waals surface area contributed by atoms with Crippen molar-refractivity contribution in [2.75, 3.05) is 6.26 Å². The summed E-state index contributed by atoms with van der Waals surface area (Å²) >= 11 is 1.24. The highest BCUT2D eigenvalue weighted by atomic mass is 127. The van der Waals surface area contributed by atoms with Crippen molar-refractivity contribution in [2.24, 2.45) is 0 Å². The summed E-state index contributed by atoms with van der Waals surface area (Å²) in [4.78, 5) is 10.3. The van der Waals surface area contributed by atoms with Gasteiger partial charge in [0.05, 0.1) is 6.26 Å². The fourth-order valence-corrected chi connectivity index (χ4v) is 4.01. The van der Waals surface area contributed by atoms with Crippen molar-refractivity contribution in [1.29, 1.82) is 0 Å². The van der Waals surface area contributed by atoms with E-state index in [2.05, 4.69) is 0 Å². The third-order valence-electron chi connectivity index (χ3n) is 0.434. The van der Waals surface area contributed by atoms with Gasteiger partial charge in [-0.05, 0) is 0 Å². The molecule has 0 fully saturated rings. The van der Waals surface area contributed by atoms with Crippen LogP contribution in [0.5, 0.6) is 0 Å². The van der Waals surface area contributed by atoms with E-state index in [0.717, 1.165) is 6.26 Å². The summed E-state index contributed by atoms with van der Waals surface area (Å²) in [5, 5.41) is 0. The number of carbonyl (C=O) groups is 1. The Hall–Kier alpha value is 0.660. The molecule has 0 radical (unpaired) electrons. The predicted molar refractivity (Wildman–Crippen MR) is 42.4 cm³/mol. The number of halogens is 1. The molecular weight excluding hydrogens is 279 g/mol. The molecule has 1 unspecified atom stereocenters. The van der Waals surface area contributed by atoms with Crippen molar-refractivity contribution < 1.29 is 17.8 Å². The number of hydrogen-bond donors (Lipinski definition) is 0. The number of sulfone groups is 1. The van der Waals surface area contributed by atoms with E-state index in [-0.39, 0.29) is 0 Å². The summed E-state index contributed by atoms with van der Waals surface area (Å²) < 4.78 is 29.4. The Morgan fingerprint density at radius 1 is 1.67 bits per heavy atom. The van der Waals surface area contributed by atoms with Gasteiger partial charge in [-0.1, -0.05) is 0 Å². The molecule has 54 valence electrons. The van der Waals surface area contributed by atoms with E-state index in [1.54, 1.807) is 0 Å². The molecule has 7 heteroatoms. The number of rotatable bonds is 0. The van der Waals surface area contributed by atoms with Gasteiger partial charge in [0, 0.05) is 0 Å². The quantitative estimate of drug-likeness (QED) is 0.471. The lowest BCUT2D eigenvalue weighted by atomic mass is 11.8. The second kappa shape index (κ2) is 3.17. The van der Waals surface area contributed by atoms with Crippen molar-refractivity contribution in [3.8, 4) is 0 Å². The highest BCUT2D eigenvalue weighted by Crippen LogP contribution is 2.08. The van der Waals surface area contributed by atoms with Gasteiger partial charge in [0.25, 0.3) is 31.0 Å². The first-order chi connectivity index (χ1) is 3.85. The molecule has 0 aromatic carbocycles. The lowest BCUT2D eigenvalue weighted by Gasteiger charge is -1.93. The van der Waals surface area contributed by atoms with Gasteiger partial charge in [-0.25, -0.2) is 13.2 Å². The van der Waals surface area contributed by atoms with Crippen LogP contribution >= 0.6 is 21.2 Å². The van der Waals surface area contributed by atoms with Gasteiger partial charge in [0.15, 0.2) is 0 Å². The van der Waals surface area contributed by atoms with Gasteiger partial charge in [0.1, 0.15) is 8.35 Å². The summed E-state index contributed by atoms with van der Waals surface area (Å²) in [6.45, 7) is 0. The third-order valence-corrected chi connectivity index (χ3v) is 4.76. The van der Waals surface area contributed by atoms with E-state index in [1.165, 1.54) is 21.2 Å². The van der Waals surface area contributed by atoms with Crippen LogP contribution in [0, 0.1) is 0 Å². The van der Waals surface area contributed by atoms with Crippen LogP contribution in [0.3, 0.4) is 0 Å². The maximum absolute atomic E-state index is 10.3. The molecule has 0 heterocycles. The minimum Gasteiger partial charge on any atom is -0.600 e. The molecule has 0 aliphatic rings. The highest BCUT2D eigenvalue weighted by Gasteiger charge is 2.28. The molecule has 0 aromatic heterocycles. The van der Waals surface area contributed by atoms with Crippen molar-refractivity contribution in [3.05, 3.63) is 0 Å². The first-order valence-electron chi connectivity index (χ1n) is 1.67. The smallest absolute Gasteiger partial charge is 0.452 e. The van der Waals surface area contributed by atoms with Crippen LogP contribution in [0.2, 0.25) is 0 Å². The Morgan fingerprint density at radius 2 is 2.00 bits per heavy atom. The average molecular weight is 282 g/mol. The second-order valence-corrected chi connectivity index (χ2v) is 6.64. The maximum Gasteiger partial charge on any atom is 0.452 e. The van der Waals surface area contributed by atoms with Crippen molar-refractivity contribution in [3.63, 3.8) is 0 Å². The summed E-state index contributed by atoms with van der Waals surface area (Å²) in [5.41, 5.74) is 0. The van der Waals surface area contributed by atoms with Gasteiger partial charge in [-0.3, -0.25) is 0 Å². The van der Waals surface area contributed by atoms with Crippen LogP contribution in [-0.4, -0.2) is 23.7 Å². The lowest BCUT2D eigenvalue weighted by Crippen LogP contribution is -2.16. The Labute approximate surface area is 67.7 Å². The van der Waals surface area contributed by atoms with E-state index in [4.69, 9.17) is 0 Å². The number of hydrogen-bond acceptors (Lipinski definition) is 4. The zero-order valence-corrected chi connectivity index (χ0v) is 8.12. The molecule has 0 rings (SSSR count). The molecule has 0 amide bonds. The van der Waals surface area contributed by atoms with Crippen LogP contribution < -0.4 is 0 Å². The Kier molecular flexibility index (Phi) is 3.40. The van der Waals surface area contributed by atoms with E-state index in [1.807, 2.05) is 0 Å². The maximum atomic E-state index is 10.3. The molecule has 0 bridgehead atoms. The molecule has 0 aliphatic heterocycles. The van der Waals surface area contributed by atoms with E-state index >= 15 is 0 Å². The zero-order chi connectivity index (χ0) is 7.65. The van der Waals surface area contributed by atoms with E-state index in [0.29, 0.717) is 0 Å². The largest absolute Gasteiger partial charge is 0.600 e. The molecule has 0 aliphatic carbocycles. The normalized spacial score (nSPS) is 15.0. The molecular formula is C2H3IO4S2. The third kappa shape index (κ3) is 3.38. The van der Waals surface area contributed by atoms with Crippen molar-refractivity contribution >= 4 is 43.8 Å². The lowest BCUT2D eigenvalue weighted by molar-refractivity contribution is 0.273. The van der Waals surface area contributed by atoms with Gasteiger partial charge in [0.2, 0.25) is 0 Å². The molecule has 0 N–H and O–H groups in total. The van der Waals surface area contributed by atoms with Gasteiger partial charge in [-0.2, -0.15) is 0 Å². The summed E-state index contributed by atoms with van der Waals surface area (Å²) in [5.74, 6) is 0. The van der Waals surface area contributed by atoms with Crippen LogP contribution in [0.25, 0.3) is 0 Å². The highest BCUT2D eigenvalue weighted by molar-refractivity contribution is 14.2. The molecule has 0 spiro atoms. The van der Waals surface area contributed by atoms with Crippen LogP contribution in [0.15, 0.2) is 0 Å². The van der Waals surface area contributed by atoms with E-state index < -0.39 is 22.6 Å². The molecule has 1 atom stereocenters. The van der Waals surface area contributed by atoms with Crippen molar-refractivity contribution in [1.82, 2.24) is 0 Å². The fourth-order valence-electron chi connectivity index (χ4n) is 0.119. The van der Waals surface area contributed by atoms with Gasteiger partial charge >= 0.3 is 4.45 Å². The summed E-state index contributed by atoms with van der Waals surface area (Å²) in [6, 6.07) is 0. The molecule has 0 saturated carbocycles. The molecule has 0 saturated heterocycles. The topological polar surface area (TPSA) is 74.3 Å². The van der Waals surface area contributed by atoms with Crippen LogP contribution in [-0.2, 0) is 18.2 Å². The second-order valence-electron chi connectivity index (χ2n) is 1.25. The Morgan fingerprint density at radius 3 is 2.00 bits per heavy atom.